The number of benzene rings is 2. The maximum Gasteiger partial charge on any atom is 0.251 e. The van der Waals surface area contributed by atoms with Crippen molar-refractivity contribution >= 4 is 38.6 Å². The van der Waals surface area contributed by atoms with E-state index in [1.54, 1.807) is 23.1 Å². The molecule has 168 valence electrons. The van der Waals surface area contributed by atoms with E-state index in [1.807, 2.05) is 38.1 Å². The fourth-order valence-electron chi connectivity index (χ4n) is 4.01. The summed E-state index contributed by atoms with van der Waals surface area (Å²) in [6.45, 7) is 6.21. The predicted molar refractivity (Wildman–Crippen MR) is 129 cm³/mol. The van der Waals surface area contributed by atoms with Crippen LogP contribution in [-0.4, -0.2) is 63.3 Å². The van der Waals surface area contributed by atoms with Crippen LogP contribution in [0.25, 0.3) is 22.3 Å². The van der Waals surface area contributed by atoms with Gasteiger partial charge in [0.05, 0.1) is 11.1 Å². The molecule has 2 heterocycles. The van der Waals surface area contributed by atoms with Crippen molar-refractivity contribution in [3.8, 4) is 17.1 Å². The van der Waals surface area contributed by atoms with E-state index in [-0.39, 0.29) is 17.6 Å². The second kappa shape index (κ2) is 9.42. The monoisotopic (exact) mass is 498 g/mol. The molecule has 0 aliphatic carbocycles. The van der Waals surface area contributed by atoms with Crippen LogP contribution < -0.4 is 4.90 Å². The SMILES string of the molecule is CC(C)CC(O)C(=O)N1CCN(c2nc(-c3ccccc3O)nc3ccc(Br)cc23)CC1. The molecular weight excluding hydrogens is 472 g/mol. The minimum absolute atomic E-state index is 0.129. The van der Waals surface area contributed by atoms with Gasteiger partial charge in [-0.1, -0.05) is 41.9 Å². The number of hydrogen-bond acceptors (Lipinski definition) is 6. The Balaban J connectivity index is 1.63. The van der Waals surface area contributed by atoms with Crippen LogP contribution in [0, 0.1) is 5.92 Å². The Morgan fingerprint density at radius 2 is 1.81 bits per heavy atom. The molecule has 0 spiro atoms. The van der Waals surface area contributed by atoms with Crippen LogP contribution in [0.5, 0.6) is 5.75 Å². The van der Waals surface area contributed by atoms with Crippen molar-refractivity contribution in [3.63, 3.8) is 0 Å². The number of phenols is 1. The molecule has 2 aromatic carbocycles. The number of para-hydroxylation sites is 1. The molecule has 7 nitrogen and oxygen atoms in total. The Bertz CT molecular complexity index is 1130. The molecule has 1 aliphatic heterocycles. The molecule has 1 amide bonds. The number of piperazine rings is 1. The molecule has 1 fully saturated rings. The van der Waals surface area contributed by atoms with Crippen molar-refractivity contribution in [3.05, 3.63) is 46.9 Å². The van der Waals surface area contributed by atoms with Gasteiger partial charge in [-0.2, -0.15) is 0 Å². The lowest BCUT2D eigenvalue weighted by Crippen LogP contribution is -2.52. The van der Waals surface area contributed by atoms with Gasteiger partial charge in [0.1, 0.15) is 17.7 Å². The summed E-state index contributed by atoms with van der Waals surface area (Å²) in [7, 11) is 0. The highest BCUT2D eigenvalue weighted by molar-refractivity contribution is 9.10. The Kier molecular flexibility index (Phi) is 6.62. The second-order valence-corrected chi connectivity index (χ2v) is 9.42. The summed E-state index contributed by atoms with van der Waals surface area (Å²) < 4.78 is 0.927. The third-order valence-electron chi connectivity index (χ3n) is 5.65. The average molecular weight is 499 g/mol. The van der Waals surface area contributed by atoms with Gasteiger partial charge in [0.15, 0.2) is 5.82 Å². The molecule has 1 atom stereocenters. The van der Waals surface area contributed by atoms with Crippen molar-refractivity contribution in [2.24, 2.45) is 5.92 Å². The molecule has 1 aromatic heterocycles. The van der Waals surface area contributed by atoms with Crippen LogP contribution in [0.3, 0.4) is 0 Å². The van der Waals surface area contributed by atoms with Crippen LogP contribution in [0.4, 0.5) is 5.82 Å². The molecule has 4 rings (SSSR count). The van der Waals surface area contributed by atoms with Gasteiger partial charge in [-0.15, -0.1) is 0 Å². The van der Waals surface area contributed by atoms with Crippen molar-refractivity contribution < 1.29 is 15.0 Å². The zero-order valence-electron chi connectivity index (χ0n) is 18.2. The molecule has 0 bridgehead atoms. The number of halogens is 1. The third kappa shape index (κ3) is 4.71. The molecule has 1 unspecified atom stereocenters. The number of hydrogen-bond donors (Lipinski definition) is 2. The number of carbonyl (C=O) groups is 1. The zero-order valence-corrected chi connectivity index (χ0v) is 19.8. The lowest BCUT2D eigenvalue weighted by atomic mass is 10.0. The molecule has 32 heavy (non-hydrogen) atoms. The molecule has 3 aromatic rings. The van der Waals surface area contributed by atoms with Crippen LogP contribution in [0.1, 0.15) is 20.3 Å². The molecule has 0 saturated carbocycles. The number of rotatable bonds is 5. The number of aliphatic hydroxyl groups excluding tert-OH is 1. The Hall–Kier alpha value is -2.71. The summed E-state index contributed by atoms with van der Waals surface area (Å²) >= 11 is 3.53. The topological polar surface area (TPSA) is 89.8 Å². The van der Waals surface area contributed by atoms with Crippen molar-refractivity contribution in [1.29, 1.82) is 0 Å². The molecule has 1 aliphatic rings. The van der Waals surface area contributed by atoms with Crippen molar-refractivity contribution in [2.45, 2.75) is 26.4 Å². The van der Waals surface area contributed by atoms with Gasteiger partial charge in [-0.25, -0.2) is 9.97 Å². The number of fused-ring (bicyclic) bond motifs is 1. The number of aromatic nitrogens is 2. The van der Waals surface area contributed by atoms with Crippen molar-refractivity contribution in [1.82, 2.24) is 14.9 Å². The standard InChI is InChI=1S/C24H27BrN4O3/c1-15(2)13-21(31)24(32)29-11-9-28(10-12-29)23-18-14-16(25)7-8-19(18)26-22(27-23)17-5-3-4-6-20(17)30/h3-8,14-15,21,30-31H,9-13H2,1-2H3. The minimum atomic E-state index is -0.954. The van der Waals surface area contributed by atoms with Gasteiger partial charge in [-0.05, 0) is 42.7 Å². The smallest absolute Gasteiger partial charge is 0.251 e. The summed E-state index contributed by atoms with van der Waals surface area (Å²) in [5.74, 6) is 1.41. The number of carbonyl (C=O) groups excluding carboxylic acids is 1. The fourth-order valence-corrected chi connectivity index (χ4v) is 4.37. The van der Waals surface area contributed by atoms with E-state index >= 15 is 0 Å². The highest BCUT2D eigenvalue weighted by Crippen LogP contribution is 2.33. The normalized spacial score (nSPS) is 15.4. The Labute approximate surface area is 195 Å². The van der Waals surface area contributed by atoms with Crippen LogP contribution >= 0.6 is 15.9 Å². The summed E-state index contributed by atoms with van der Waals surface area (Å²) in [6.07, 6.45) is -0.488. The minimum Gasteiger partial charge on any atom is -0.507 e. The van der Waals surface area contributed by atoms with E-state index < -0.39 is 6.10 Å². The number of amides is 1. The first-order chi connectivity index (χ1) is 15.3. The van der Waals surface area contributed by atoms with E-state index in [1.165, 1.54) is 0 Å². The lowest BCUT2D eigenvalue weighted by molar-refractivity contribution is -0.141. The largest absolute Gasteiger partial charge is 0.507 e. The maximum atomic E-state index is 12.6. The van der Waals surface area contributed by atoms with Crippen LogP contribution in [0.2, 0.25) is 0 Å². The number of anilines is 1. The number of aromatic hydroxyl groups is 1. The lowest BCUT2D eigenvalue weighted by Gasteiger charge is -2.37. The third-order valence-corrected chi connectivity index (χ3v) is 6.15. The summed E-state index contributed by atoms with van der Waals surface area (Å²) in [4.78, 5) is 26.0. The highest BCUT2D eigenvalue weighted by Gasteiger charge is 2.28. The Morgan fingerprint density at radius 3 is 2.50 bits per heavy atom. The first-order valence-electron chi connectivity index (χ1n) is 10.8. The number of nitrogens with zero attached hydrogens (tertiary/aromatic N) is 4. The maximum absolute atomic E-state index is 12.6. The van der Waals surface area contributed by atoms with Crippen LogP contribution in [-0.2, 0) is 4.79 Å². The first kappa shape index (κ1) is 22.5. The van der Waals surface area contributed by atoms with E-state index in [4.69, 9.17) is 4.98 Å². The van der Waals surface area contributed by atoms with Gasteiger partial charge in [0.2, 0.25) is 0 Å². The number of aliphatic hydroxyl groups is 1. The summed E-state index contributed by atoms with van der Waals surface area (Å²) in [5.41, 5.74) is 1.35. The molecule has 0 radical (unpaired) electrons. The van der Waals surface area contributed by atoms with E-state index in [0.29, 0.717) is 44.0 Å². The first-order valence-corrected chi connectivity index (χ1v) is 11.6. The van der Waals surface area contributed by atoms with Gasteiger partial charge < -0.3 is 20.0 Å². The van der Waals surface area contributed by atoms with Gasteiger partial charge in [-0.3, -0.25) is 4.79 Å². The highest BCUT2D eigenvalue weighted by atomic mass is 79.9. The average Bonchev–Trinajstić information content (AvgIpc) is 2.78. The Morgan fingerprint density at radius 1 is 1.09 bits per heavy atom. The zero-order chi connectivity index (χ0) is 22.8. The summed E-state index contributed by atoms with van der Waals surface area (Å²) in [6, 6.07) is 12.9. The van der Waals surface area contributed by atoms with Crippen LogP contribution in [0.15, 0.2) is 46.9 Å². The molecule has 8 heteroatoms. The molecular formula is C24H27BrN4O3. The molecule has 2 N–H and O–H groups in total. The van der Waals surface area contributed by atoms with E-state index in [0.717, 1.165) is 21.2 Å². The second-order valence-electron chi connectivity index (χ2n) is 8.51. The number of phenolic OH excluding ortho intramolecular Hbond substituents is 1. The quantitative estimate of drug-likeness (QED) is 0.555. The van der Waals surface area contributed by atoms with Gasteiger partial charge >= 0.3 is 0 Å². The summed E-state index contributed by atoms with van der Waals surface area (Å²) in [5, 5.41) is 21.5. The predicted octanol–water partition coefficient (Wildman–Crippen LogP) is 3.82. The van der Waals surface area contributed by atoms with E-state index in [2.05, 4.69) is 25.8 Å². The molecule has 1 saturated heterocycles. The fraction of sp³-hybridized carbons (Fsp3) is 0.375. The van der Waals surface area contributed by atoms with E-state index in [9.17, 15) is 15.0 Å². The van der Waals surface area contributed by atoms with Gasteiger partial charge in [0.25, 0.3) is 5.91 Å². The van der Waals surface area contributed by atoms with Gasteiger partial charge in [0, 0.05) is 36.0 Å². The van der Waals surface area contributed by atoms with Crippen molar-refractivity contribution in [2.75, 3.05) is 31.1 Å².